The Hall–Kier alpha value is -1.10. The maximum absolute atomic E-state index is 6.02. The molecule has 0 radical (unpaired) electrons. The average molecular weight is 278 g/mol. The van der Waals surface area contributed by atoms with E-state index in [1.54, 1.807) is 7.11 Å². The van der Waals surface area contributed by atoms with Crippen LogP contribution in [0.1, 0.15) is 18.4 Å². The van der Waals surface area contributed by atoms with Crippen molar-refractivity contribution in [2.75, 3.05) is 40.5 Å². The monoisotopic (exact) mass is 278 g/mol. The Morgan fingerprint density at radius 2 is 1.90 bits per heavy atom. The molecule has 0 atom stereocenters. The van der Waals surface area contributed by atoms with Crippen LogP contribution in [0.4, 0.5) is 0 Å². The van der Waals surface area contributed by atoms with Gasteiger partial charge in [-0.15, -0.1) is 0 Å². The van der Waals surface area contributed by atoms with Crippen LogP contribution in [0.2, 0.25) is 0 Å². The number of hydrogen-bond donors (Lipinski definition) is 1. The van der Waals surface area contributed by atoms with E-state index in [1.807, 2.05) is 12.1 Å². The van der Waals surface area contributed by atoms with Gasteiger partial charge in [-0.1, -0.05) is 12.1 Å². The van der Waals surface area contributed by atoms with Gasteiger partial charge in [0, 0.05) is 26.3 Å². The number of rotatable bonds is 6. The van der Waals surface area contributed by atoms with Crippen LogP contribution in [0, 0.1) is 5.41 Å². The Labute approximate surface area is 121 Å². The van der Waals surface area contributed by atoms with Crippen molar-refractivity contribution in [2.24, 2.45) is 11.1 Å². The molecule has 0 amide bonds. The number of ether oxygens (including phenoxy) is 2. The second-order valence-corrected chi connectivity index (χ2v) is 5.84. The highest BCUT2D eigenvalue weighted by molar-refractivity contribution is 5.27. The van der Waals surface area contributed by atoms with Gasteiger partial charge in [0.1, 0.15) is 5.75 Å². The zero-order valence-electron chi connectivity index (χ0n) is 12.6. The van der Waals surface area contributed by atoms with E-state index in [9.17, 15) is 0 Å². The molecule has 1 aromatic rings. The van der Waals surface area contributed by atoms with Crippen molar-refractivity contribution in [1.29, 1.82) is 0 Å². The minimum atomic E-state index is 0.222. The highest BCUT2D eigenvalue weighted by Crippen LogP contribution is 2.30. The Morgan fingerprint density at radius 3 is 2.45 bits per heavy atom. The summed E-state index contributed by atoms with van der Waals surface area (Å²) in [5.74, 6) is 0.902. The lowest BCUT2D eigenvalue weighted by atomic mass is 9.80. The molecule has 2 rings (SSSR count). The number of methoxy groups -OCH3 is 1. The molecule has 1 aliphatic heterocycles. The topological polar surface area (TPSA) is 47.7 Å². The second-order valence-electron chi connectivity index (χ2n) is 5.84. The molecule has 20 heavy (non-hydrogen) atoms. The maximum atomic E-state index is 6.02. The maximum Gasteiger partial charge on any atom is 0.118 e. The summed E-state index contributed by atoms with van der Waals surface area (Å²) in [5, 5.41) is 0. The summed E-state index contributed by atoms with van der Waals surface area (Å²) in [5.41, 5.74) is 7.54. The summed E-state index contributed by atoms with van der Waals surface area (Å²) in [6.07, 6.45) is 2.13. The van der Waals surface area contributed by atoms with E-state index in [2.05, 4.69) is 24.1 Å². The van der Waals surface area contributed by atoms with E-state index < -0.39 is 0 Å². The fraction of sp³-hybridized carbons (Fsp3) is 0.625. The van der Waals surface area contributed by atoms with Crippen molar-refractivity contribution >= 4 is 0 Å². The van der Waals surface area contributed by atoms with E-state index in [4.69, 9.17) is 15.2 Å². The van der Waals surface area contributed by atoms with Gasteiger partial charge in [0.15, 0.2) is 0 Å². The predicted octanol–water partition coefficient (Wildman–Crippen LogP) is 1.88. The lowest BCUT2D eigenvalue weighted by Gasteiger charge is -2.39. The SMILES string of the molecule is COc1ccc(CN(C)CC2(CN)CCOCC2)cc1. The third-order valence-corrected chi connectivity index (χ3v) is 4.20. The largest absolute Gasteiger partial charge is 0.497 e. The van der Waals surface area contributed by atoms with Crippen LogP contribution in [0.15, 0.2) is 24.3 Å². The van der Waals surface area contributed by atoms with Crippen LogP contribution < -0.4 is 10.5 Å². The molecule has 1 aromatic carbocycles. The van der Waals surface area contributed by atoms with Crippen molar-refractivity contribution in [3.05, 3.63) is 29.8 Å². The van der Waals surface area contributed by atoms with Gasteiger partial charge in [-0.3, -0.25) is 0 Å². The first kappa shape index (κ1) is 15.3. The molecule has 0 aliphatic carbocycles. The van der Waals surface area contributed by atoms with E-state index in [-0.39, 0.29) is 5.41 Å². The highest BCUT2D eigenvalue weighted by Gasteiger charge is 2.32. The normalized spacial score (nSPS) is 18.2. The summed E-state index contributed by atoms with van der Waals surface area (Å²) in [7, 11) is 3.86. The molecule has 0 aromatic heterocycles. The zero-order chi connectivity index (χ0) is 14.4. The lowest BCUT2D eigenvalue weighted by molar-refractivity contribution is 0.00268. The molecular formula is C16H26N2O2. The number of benzene rings is 1. The van der Waals surface area contributed by atoms with Crippen LogP contribution in [0.3, 0.4) is 0 Å². The first-order valence-corrected chi connectivity index (χ1v) is 7.27. The Morgan fingerprint density at radius 1 is 1.25 bits per heavy atom. The Kier molecular flexibility index (Phi) is 5.40. The number of hydrogen-bond acceptors (Lipinski definition) is 4. The van der Waals surface area contributed by atoms with Gasteiger partial charge in [-0.2, -0.15) is 0 Å². The van der Waals surface area contributed by atoms with Gasteiger partial charge in [0.25, 0.3) is 0 Å². The molecule has 0 unspecified atom stereocenters. The molecule has 0 bridgehead atoms. The van der Waals surface area contributed by atoms with Crippen LogP contribution in [0.5, 0.6) is 5.75 Å². The van der Waals surface area contributed by atoms with Gasteiger partial charge in [0.2, 0.25) is 0 Å². The van der Waals surface area contributed by atoms with Gasteiger partial charge < -0.3 is 20.1 Å². The summed E-state index contributed by atoms with van der Waals surface area (Å²) in [6.45, 7) is 4.38. The average Bonchev–Trinajstić information content (AvgIpc) is 2.49. The van der Waals surface area contributed by atoms with Crippen molar-refractivity contribution in [3.8, 4) is 5.75 Å². The summed E-state index contributed by atoms with van der Waals surface area (Å²) in [6, 6.07) is 8.26. The van der Waals surface area contributed by atoms with Crippen molar-refractivity contribution in [2.45, 2.75) is 19.4 Å². The molecule has 1 saturated heterocycles. The minimum absolute atomic E-state index is 0.222. The molecular weight excluding hydrogens is 252 g/mol. The smallest absolute Gasteiger partial charge is 0.118 e. The van der Waals surface area contributed by atoms with Crippen LogP contribution in [0.25, 0.3) is 0 Å². The molecule has 1 aliphatic rings. The molecule has 1 heterocycles. The molecule has 0 spiro atoms. The second kappa shape index (κ2) is 7.07. The van der Waals surface area contributed by atoms with Crippen molar-refractivity contribution in [1.82, 2.24) is 4.90 Å². The third kappa shape index (κ3) is 3.95. The van der Waals surface area contributed by atoms with Crippen LogP contribution in [-0.2, 0) is 11.3 Å². The van der Waals surface area contributed by atoms with E-state index in [0.717, 1.165) is 51.4 Å². The molecule has 1 fully saturated rings. The summed E-state index contributed by atoms with van der Waals surface area (Å²) < 4.78 is 10.6. The van der Waals surface area contributed by atoms with Crippen LogP contribution >= 0.6 is 0 Å². The quantitative estimate of drug-likeness (QED) is 0.863. The molecule has 0 saturated carbocycles. The minimum Gasteiger partial charge on any atom is -0.497 e. The summed E-state index contributed by atoms with van der Waals surface area (Å²) >= 11 is 0. The van der Waals surface area contributed by atoms with Gasteiger partial charge in [-0.05, 0) is 49.5 Å². The van der Waals surface area contributed by atoms with Gasteiger partial charge >= 0.3 is 0 Å². The molecule has 4 nitrogen and oxygen atoms in total. The third-order valence-electron chi connectivity index (χ3n) is 4.20. The Bertz CT molecular complexity index is 399. The first-order valence-electron chi connectivity index (χ1n) is 7.27. The van der Waals surface area contributed by atoms with Crippen LogP contribution in [-0.4, -0.2) is 45.4 Å². The van der Waals surface area contributed by atoms with Crippen molar-refractivity contribution in [3.63, 3.8) is 0 Å². The van der Waals surface area contributed by atoms with E-state index in [1.165, 1.54) is 5.56 Å². The summed E-state index contributed by atoms with van der Waals surface area (Å²) in [4.78, 5) is 2.36. The fourth-order valence-corrected chi connectivity index (χ4v) is 2.90. The first-order chi connectivity index (χ1) is 9.67. The zero-order valence-corrected chi connectivity index (χ0v) is 12.6. The standard InChI is InChI=1S/C16H26N2O2/c1-18(11-14-3-5-15(19-2)6-4-14)13-16(12-17)7-9-20-10-8-16/h3-6H,7-13,17H2,1-2H3. The van der Waals surface area contributed by atoms with E-state index in [0.29, 0.717) is 0 Å². The lowest BCUT2D eigenvalue weighted by Crippen LogP contribution is -2.44. The van der Waals surface area contributed by atoms with Gasteiger partial charge in [0.05, 0.1) is 7.11 Å². The van der Waals surface area contributed by atoms with Gasteiger partial charge in [-0.25, -0.2) is 0 Å². The number of nitrogens with two attached hydrogens (primary N) is 1. The Balaban J connectivity index is 1.91. The predicted molar refractivity (Wildman–Crippen MR) is 80.9 cm³/mol. The molecule has 112 valence electrons. The molecule has 2 N–H and O–H groups in total. The highest BCUT2D eigenvalue weighted by atomic mass is 16.5. The van der Waals surface area contributed by atoms with Crippen molar-refractivity contribution < 1.29 is 9.47 Å². The fourth-order valence-electron chi connectivity index (χ4n) is 2.90. The molecule has 4 heteroatoms. The number of nitrogens with zero attached hydrogens (tertiary/aromatic N) is 1. The van der Waals surface area contributed by atoms with E-state index >= 15 is 0 Å².